The molecule has 0 aromatic heterocycles. The summed E-state index contributed by atoms with van der Waals surface area (Å²) in [6.45, 7) is 3.39. The zero-order valence-corrected chi connectivity index (χ0v) is 15.7. The standard InChI is InChI=1S/C19H23N3O3.ClH/c1-3-22(2)19(24)15-6-4-5-14(13-15)18(23)21-16-7-9-17(10-8-16)25-12-11-20;/h4-10,13H,3,11-12,20H2,1-2H3,(H,21,23);1H. The maximum absolute atomic E-state index is 12.4. The number of halogens is 1. The molecule has 2 aromatic carbocycles. The number of hydrogen-bond acceptors (Lipinski definition) is 4. The Bertz CT molecular complexity index is 735. The third-order valence-electron chi connectivity index (χ3n) is 3.69. The normalized spacial score (nSPS) is 9.81. The Balaban J connectivity index is 0.00000338. The summed E-state index contributed by atoms with van der Waals surface area (Å²) in [6.07, 6.45) is 0. The van der Waals surface area contributed by atoms with Crippen LogP contribution in [0.3, 0.4) is 0 Å². The van der Waals surface area contributed by atoms with Crippen molar-refractivity contribution in [2.75, 3.05) is 32.1 Å². The highest BCUT2D eigenvalue weighted by Gasteiger charge is 2.13. The van der Waals surface area contributed by atoms with E-state index in [2.05, 4.69) is 5.32 Å². The predicted octanol–water partition coefficient (Wildman–Crippen LogP) is 2.79. The van der Waals surface area contributed by atoms with Crippen LogP contribution in [0.2, 0.25) is 0 Å². The van der Waals surface area contributed by atoms with E-state index in [1.165, 1.54) is 0 Å². The van der Waals surface area contributed by atoms with Crippen LogP contribution in [0.25, 0.3) is 0 Å². The van der Waals surface area contributed by atoms with Crippen LogP contribution in [-0.2, 0) is 0 Å². The van der Waals surface area contributed by atoms with E-state index in [-0.39, 0.29) is 24.2 Å². The molecule has 2 aromatic rings. The second-order valence-corrected chi connectivity index (χ2v) is 5.52. The average Bonchev–Trinajstić information content (AvgIpc) is 2.66. The van der Waals surface area contributed by atoms with Gasteiger partial charge in [-0.1, -0.05) is 6.07 Å². The van der Waals surface area contributed by atoms with Crippen molar-refractivity contribution in [2.45, 2.75) is 6.92 Å². The van der Waals surface area contributed by atoms with E-state index in [1.807, 2.05) is 6.92 Å². The number of amides is 2. The highest BCUT2D eigenvalue weighted by atomic mass is 35.5. The molecule has 0 atom stereocenters. The first-order chi connectivity index (χ1) is 12.0. The number of nitrogens with zero attached hydrogens (tertiary/aromatic N) is 1. The fourth-order valence-corrected chi connectivity index (χ4v) is 2.17. The molecule has 0 bridgehead atoms. The summed E-state index contributed by atoms with van der Waals surface area (Å²) >= 11 is 0. The first kappa shape index (κ1) is 21.5. The van der Waals surface area contributed by atoms with Crippen LogP contribution in [0.5, 0.6) is 5.75 Å². The smallest absolute Gasteiger partial charge is 0.255 e. The largest absolute Gasteiger partial charge is 0.492 e. The molecule has 0 saturated carbocycles. The number of hydrogen-bond donors (Lipinski definition) is 2. The van der Waals surface area contributed by atoms with E-state index in [1.54, 1.807) is 60.5 Å². The number of nitrogens with one attached hydrogen (secondary N) is 1. The second kappa shape index (κ2) is 10.4. The molecule has 0 fully saturated rings. The first-order valence-corrected chi connectivity index (χ1v) is 8.15. The van der Waals surface area contributed by atoms with Crippen molar-refractivity contribution >= 4 is 29.9 Å². The molecular weight excluding hydrogens is 354 g/mol. The summed E-state index contributed by atoms with van der Waals surface area (Å²) in [4.78, 5) is 26.2. The Morgan fingerprint density at radius 3 is 2.38 bits per heavy atom. The lowest BCUT2D eigenvalue weighted by Gasteiger charge is -2.15. The quantitative estimate of drug-likeness (QED) is 0.777. The minimum Gasteiger partial charge on any atom is -0.492 e. The summed E-state index contributed by atoms with van der Waals surface area (Å²) in [6, 6.07) is 13.7. The number of benzene rings is 2. The summed E-state index contributed by atoms with van der Waals surface area (Å²) in [5.74, 6) is 0.307. The molecule has 2 rings (SSSR count). The van der Waals surface area contributed by atoms with Crippen molar-refractivity contribution in [3.05, 3.63) is 59.7 Å². The maximum atomic E-state index is 12.4. The van der Waals surface area contributed by atoms with Gasteiger partial charge in [-0.15, -0.1) is 12.4 Å². The molecule has 26 heavy (non-hydrogen) atoms. The van der Waals surface area contributed by atoms with E-state index < -0.39 is 0 Å². The molecule has 0 radical (unpaired) electrons. The number of nitrogens with two attached hydrogens (primary N) is 1. The van der Waals surface area contributed by atoms with Gasteiger partial charge in [0.1, 0.15) is 12.4 Å². The first-order valence-electron chi connectivity index (χ1n) is 8.15. The number of ether oxygens (including phenoxy) is 1. The van der Waals surface area contributed by atoms with Gasteiger partial charge in [0.05, 0.1) is 0 Å². The van der Waals surface area contributed by atoms with Gasteiger partial charge in [0, 0.05) is 37.0 Å². The second-order valence-electron chi connectivity index (χ2n) is 5.52. The van der Waals surface area contributed by atoms with E-state index in [9.17, 15) is 9.59 Å². The van der Waals surface area contributed by atoms with Gasteiger partial charge in [-0.25, -0.2) is 0 Å². The lowest BCUT2D eigenvalue weighted by Crippen LogP contribution is -2.26. The number of carbonyl (C=O) groups is 2. The zero-order chi connectivity index (χ0) is 18.2. The summed E-state index contributed by atoms with van der Waals surface area (Å²) in [5.41, 5.74) is 6.95. The number of carbonyl (C=O) groups excluding carboxylic acids is 2. The van der Waals surface area contributed by atoms with Crippen molar-refractivity contribution < 1.29 is 14.3 Å². The molecule has 3 N–H and O–H groups in total. The van der Waals surface area contributed by atoms with Gasteiger partial charge in [0.2, 0.25) is 0 Å². The minimum absolute atomic E-state index is 0. The van der Waals surface area contributed by atoms with E-state index in [0.717, 1.165) is 0 Å². The molecule has 0 heterocycles. The van der Waals surface area contributed by atoms with E-state index >= 15 is 0 Å². The summed E-state index contributed by atoms with van der Waals surface area (Å²) < 4.78 is 5.40. The SMILES string of the molecule is CCN(C)C(=O)c1cccc(C(=O)Nc2ccc(OCCN)cc2)c1.Cl. The van der Waals surface area contributed by atoms with Crippen molar-refractivity contribution in [2.24, 2.45) is 5.73 Å². The Kier molecular flexibility index (Phi) is 8.61. The zero-order valence-electron chi connectivity index (χ0n) is 14.9. The Morgan fingerprint density at radius 1 is 1.12 bits per heavy atom. The lowest BCUT2D eigenvalue weighted by molar-refractivity contribution is 0.0802. The van der Waals surface area contributed by atoms with Crippen LogP contribution in [0, 0.1) is 0 Å². The van der Waals surface area contributed by atoms with Gasteiger partial charge >= 0.3 is 0 Å². The van der Waals surface area contributed by atoms with Crippen molar-refractivity contribution in [3.63, 3.8) is 0 Å². The third-order valence-corrected chi connectivity index (χ3v) is 3.69. The predicted molar refractivity (Wildman–Crippen MR) is 105 cm³/mol. The molecule has 0 aliphatic rings. The fourth-order valence-electron chi connectivity index (χ4n) is 2.17. The van der Waals surface area contributed by atoms with Crippen molar-refractivity contribution in [1.82, 2.24) is 4.90 Å². The molecule has 7 heteroatoms. The topological polar surface area (TPSA) is 84.7 Å². The molecule has 0 aliphatic carbocycles. The molecule has 0 unspecified atom stereocenters. The molecule has 0 saturated heterocycles. The molecule has 2 amide bonds. The maximum Gasteiger partial charge on any atom is 0.255 e. The van der Waals surface area contributed by atoms with E-state index in [4.69, 9.17) is 10.5 Å². The summed E-state index contributed by atoms with van der Waals surface area (Å²) in [7, 11) is 1.73. The van der Waals surface area contributed by atoms with Crippen LogP contribution < -0.4 is 15.8 Å². The monoisotopic (exact) mass is 377 g/mol. The van der Waals surface area contributed by atoms with Gasteiger partial charge in [-0.2, -0.15) is 0 Å². The molecule has 0 aliphatic heterocycles. The summed E-state index contributed by atoms with van der Waals surface area (Å²) in [5, 5.41) is 2.81. The number of rotatable bonds is 7. The molecule has 6 nitrogen and oxygen atoms in total. The van der Waals surface area contributed by atoms with Crippen LogP contribution in [0.15, 0.2) is 48.5 Å². The molecule has 140 valence electrons. The van der Waals surface area contributed by atoms with Gasteiger partial charge in [0.15, 0.2) is 0 Å². The average molecular weight is 378 g/mol. The number of anilines is 1. The lowest BCUT2D eigenvalue weighted by atomic mass is 10.1. The van der Waals surface area contributed by atoms with Crippen LogP contribution in [0.1, 0.15) is 27.6 Å². The van der Waals surface area contributed by atoms with Gasteiger partial charge in [-0.05, 0) is 49.4 Å². The Labute approximate surface area is 159 Å². The minimum atomic E-state index is -0.274. The van der Waals surface area contributed by atoms with Crippen molar-refractivity contribution in [3.8, 4) is 5.75 Å². The van der Waals surface area contributed by atoms with E-state index in [0.29, 0.717) is 42.3 Å². The highest BCUT2D eigenvalue weighted by molar-refractivity contribution is 6.06. The third kappa shape index (κ3) is 5.75. The van der Waals surface area contributed by atoms with Gasteiger partial charge in [0.25, 0.3) is 11.8 Å². The fraction of sp³-hybridized carbons (Fsp3) is 0.263. The van der Waals surface area contributed by atoms with Crippen LogP contribution in [-0.4, -0.2) is 43.5 Å². The van der Waals surface area contributed by atoms with Crippen LogP contribution in [0.4, 0.5) is 5.69 Å². The van der Waals surface area contributed by atoms with Gasteiger partial charge in [-0.3, -0.25) is 9.59 Å². The highest BCUT2D eigenvalue weighted by Crippen LogP contribution is 2.17. The van der Waals surface area contributed by atoms with Crippen molar-refractivity contribution in [1.29, 1.82) is 0 Å². The van der Waals surface area contributed by atoms with Crippen LogP contribution >= 0.6 is 12.4 Å². The van der Waals surface area contributed by atoms with Gasteiger partial charge < -0.3 is 20.7 Å². The Morgan fingerprint density at radius 2 is 1.77 bits per heavy atom. The molecule has 0 spiro atoms. The Hall–Kier alpha value is -2.57. The molecular formula is C19H24ClN3O3.